The molecule has 6 rings (SSSR count). The molecule has 0 N–H and O–H groups in total. The highest BCUT2D eigenvalue weighted by Gasteiger charge is 2.40. The Morgan fingerprint density at radius 1 is 1.03 bits per heavy atom. The lowest BCUT2D eigenvalue weighted by Crippen LogP contribution is -2.37. The van der Waals surface area contributed by atoms with Crippen LogP contribution in [0.1, 0.15) is 47.3 Å². The monoisotopic (exact) mass is 483 g/mol. The number of hydrogen-bond donors (Lipinski definition) is 0. The smallest absolute Gasteiger partial charge is 0.338 e. The number of fused-ring (bicyclic) bond motifs is 2. The van der Waals surface area contributed by atoms with Crippen molar-refractivity contribution in [1.82, 2.24) is 10.2 Å². The van der Waals surface area contributed by atoms with Crippen molar-refractivity contribution in [3.05, 3.63) is 88.4 Å². The molecule has 0 amide bonds. The number of rotatable bonds is 5. The first-order chi connectivity index (χ1) is 17.2. The van der Waals surface area contributed by atoms with Gasteiger partial charge in [0.15, 0.2) is 5.82 Å². The topological polar surface area (TPSA) is 55.3 Å². The lowest BCUT2D eigenvalue weighted by Gasteiger charge is -2.39. The van der Waals surface area contributed by atoms with E-state index in [1.807, 2.05) is 12.1 Å². The van der Waals surface area contributed by atoms with Gasteiger partial charge in [-0.15, -0.1) is 10.2 Å². The van der Waals surface area contributed by atoms with Gasteiger partial charge in [-0.3, -0.25) is 0 Å². The lowest BCUT2D eigenvalue weighted by atomic mass is 9.89. The average molecular weight is 484 g/mol. The molecule has 1 aliphatic heterocycles. The maximum atomic E-state index is 12.4. The molecule has 0 radical (unpaired) electrons. The number of aromatic nitrogens is 2. The van der Waals surface area contributed by atoms with Gasteiger partial charge in [-0.1, -0.05) is 60.1 Å². The van der Waals surface area contributed by atoms with E-state index in [4.69, 9.17) is 26.5 Å². The average Bonchev–Trinajstić information content (AvgIpc) is 3.73. The minimum absolute atomic E-state index is 0.315. The Labute approximate surface area is 209 Å². The summed E-state index contributed by atoms with van der Waals surface area (Å²) in [7, 11) is 0. The fourth-order valence-electron chi connectivity index (χ4n) is 5.31. The third-order valence-corrected chi connectivity index (χ3v) is 7.40. The zero-order valence-corrected chi connectivity index (χ0v) is 20.3. The van der Waals surface area contributed by atoms with Crippen LogP contribution in [0.4, 0.5) is 5.82 Å². The van der Waals surface area contributed by atoms with Crippen molar-refractivity contribution in [1.29, 1.82) is 0 Å². The molecular formula is C29H26ClN3O2. The summed E-state index contributed by atoms with van der Waals surface area (Å²) in [6, 6.07) is 22.5. The molecule has 2 aliphatic rings. The number of carbonyl (C=O) groups is 1. The maximum Gasteiger partial charge on any atom is 0.338 e. The molecular weight excluding hydrogens is 458 g/mol. The highest BCUT2D eigenvalue weighted by Crippen LogP contribution is 2.49. The zero-order valence-electron chi connectivity index (χ0n) is 19.6. The fraction of sp³-hybridized carbons (Fsp3) is 0.276. The van der Waals surface area contributed by atoms with E-state index in [1.165, 1.54) is 24.0 Å². The van der Waals surface area contributed by atoms with Crippen molar-refractivity contribution in [3.8, 4) is 11.3 Å². The highest BCUT2D eigenvalue weighted by molar-refractivity contribution is 6.33. The summed E-state index contributed by atoms with van der Waals surface area (Å²) < 4.78 is 5.19. The van der Waals surface area contributed by atoms with Crippen LogP contribution in [0.5, 0.6) is 0 Å². The second kappa shape index (κ2) is 8.97. The SMILES string of the molecule is CCOC(=O)c1ccc(Cl)c(-c2nnc(N3CCc4ccccc4C3C3CC3)c3ccccc23)c1. The molecule has 1 atom stereocenters. The Morgan fingerprint density at radius 3 is 2.60 bits per heavy atom. The van der Waals surface area contributed by atoms with E-state index in [0.717, 1.165) is 29.6 Å². The van der Waals surface area contributed by atoms with Crippen LogP contribution in [0.2, 0.25) is 5.02 Å². The van der Waals surface area contributed by atoms with Crippen LogP contribution in [0.25, 0.3) is 22.0 Å². The van der Waals surface area contributed by atoms with Gasteiger partial charge in [-0.05, 0) is 61.4 Å². The second-order valence-electron chi connectivity index (χ2n) is 9.26. The van der Waals surface area contributed by atoms with E-state index in [1.54, 1.807) is 25.1 Å². The van der Waals surface area contributed by atoms with E-state index < -0.39 is 0 Å². The lowest BCUT2D eigenvalue weighted by molar-refractivity contribution is 0.0526. The summed E-state index contributed by atoms with van der Waals surface area (Å²) >= 11 is 6.60. The fourth-order valence-corrected chi connectivity index (χ4v) is 5.51. The van der Waals surface area contributed by atoms with Gasteiger partial charge in [0.2, 0.25) is 0 Å². The molecule has 35 heavy (non-hydrogen) atoms. The maximum absolute atomic E-state index is 12.4. The van der Waals surface area contributed by atoms with E-state index in [-0.39, 0.29) is 5.97 Å². The molecule has 1 saturated carbocycles. The van der Waals surface area contributed by atoms with E-state index in [2.05, 4.69) is 41.3 Å². The molecule has 1 fully saturated rings. The normalized spacial score (nSPS) is 17.3. The Kier molecular flexibility index (Phi) is 5.65. The van der Waals surface area contributed by atoms with Crippen LogP contribution in [-0.2, 0) is 11.2 Å². The largest absolute Gasteiger partial charge is 0.462 e. The summed E-state index contributed by atoms with van der Waals surface area (Å²) in [5.74, 6) is 1.18. The van der Waals surface area contributed by atoms with Crippen molar-refractivity contribution >= 4 is 34.2 Å². The highest BCUT2D eigenvalue weighted by atomic mass is 35.5. The molecule has 6 heteroatoms. The van der Waals surface area contributed by atoms with E-state index in [0.29, 0.717) is 40.4 Å². The standard InChI is InChI=1S/C29H26ClN3O2/c1-2-35-29(34)20-13-14-25(30)24(17-20)26-22-9-5-6-10-23(22)28(32-31-26)33-16-15-18-7-3-4-8-21(18)27(33)19-11-12-19/h3-10,13-14,17,19,27H,2,11-12,15-16H2,1H3. The molecule has 1 unspecified atom stereocenters. The third kappa shape index (κ3) is 3.94. The Balaban J connectivity index is 1.48. The molecule has 5 nitrogen and oxygen atoms in total. The summed E-state index contributed by atoms with van der Waals surface area (Å²) in [5.41, 5.74) is 4.65. The Bertz CT molecular complexity index is 1430. The Morgan fingerprint density at radius 2 is 1.80 bits per heavy atom. The Hall–Kier alpha value is -3.44. The van der Waals surface area contributed by atoms with Gasteiger partial charge in [0.25, 0.3) is 0 Å². The predicted octanol–water partition coefficient (Wildman–Crippen LogP) is 6.64. The van der Waals surface area contributed by atoms with Crippen LogP contribution < -0.4 is 4.90 Å². The second-order valence-corrected chi connectivity index (χ2v) is 9.66. The summed E-state index contributed by atoms with van der Waals surface area (Å²) in [5, 5.41) is 12.0. The molecule has 176 valence electrons. The summed E-state index contributed by atoms with van der Waals surface area (Å²) in [6.45, 7) is 3.02. The van der Waals surface area contributed by atoms with Crippen molar-refractivity contribution in [2.24, 2.45) is 5.92 Å². The number of anilines is 1. The van der Waals surface area contributed by atoms with Gasteiger partial charge in [0.05, 0.1) is 23.2 Å². The van der Waals surface area contributed by atoms with Crippen molar-refractivity contribution in [3.63, 3.8) is 0 Å². The van der Waals surface area contributed by atoms with Gasteiger partial charge in [-0.25, -0.2) is 4.79 Å². The minimum Gasteiger partial charge on any atom is -0.462 e. The molecule has 1 aromatic heterocycles. The van der Waals surface area contributed by atoms with Crippen LogP contribution >= 0.6 is 11.6 Å². The van der Waals surface area contributed by atoms with Gasteiger partial charge >= 0.3 is 5.97 Å². The van der Waals surface area contributed by atoms with Crippen LogP contribution in [-0.4, -0.2) is 29.3 Å². The summed E-state index contributed by atoms with van der Waals surface area (Å²) in [4.78, 5) is 14.8. The van der Waals surface area contributed by atoms with Crippen molar-refractivity contribution in [2.75, 3.05) is 18.1 Å². The first-order valence-corrected chi connectivity index (χ1v) is 12.6. The molecule has 1 aliphatic carbocycles. The summed E-state index contributed by atoms with van der Waals surface area (Å²) in [6.07, 6.45) is 3.48. The predicted molar refractivity (Wildman–Crippen MR) is 139 cm³/mol. The number of carbonyl (C=O) groups excluding carboxylic acids is 1. The van der Waals surface area contributed by atoms with Crippen LogP contribution in [0.15, 0.2) is 66.7 Å². The zero-order chi connectivity index (χ0) is 23.9. The number of nitrogens with zero attached hydrogens (tertiary/aromatic N) is 3. The number of hydrogen-bond acceptors (Lipinski definition) is 5. The molecule has 0 bridgehead atoms. The van der Waals surface area contributed by atoms with Gasteiger partial charge in [0, 0.05) is 22.9 Å². The third-order valence-electron chi connectivity index (χ3n) is 7.07. The molecule has 0 spiro atoms. The van der Waals surface area contributed by atoms with Gasteiger partial charge in [-0.2, -0.15) is 0 Å². The van der Waals surface area contributed by atoms with Crippen LogP contribution in [0, 0.1) is 5.92 Å². The first-order valence-electron chi connectivity index (χ1n) is 12.2. The minimum atomic E-state index is -0.376. The number of esters is 1. The number of halogens is 1. The molecule has 3 aromatic carbocycles. The number of ether oxygens (including phenoxy) is 1. The molecule has 2 heterocycles. The molecule has 0 saturated heterocycles. The van der Waals surface area contributed by atoms with Crippen LogP contribution in [0.3, 0.4) is 0 Å². The van der Waals surface area contributed by atoms with Gasteiger partial charge in [0.1, 0.15) is 5.69 Å². The van der Waals surface area contributed by atoms with E-state index >= 15 is 0 Å². The van der Waals surface area contributed by atoms with Crippen molar-refractivity contribution < 1.29 is 9.53 Å². The quantitative estimate of drug-likeness (QED) is 0.298. The van der Waals surface area contributed by atoms with E-state index in [9.17, 15) is 4.79 Å². The van der Waals surface area contributed by atoms with Crippen molar-refractivity contribution in [2.45, 2.75) is 32.2 Å². The first kappa shape index (κ1) is 22.1. The number of benzene rings is 3. The van der Waals surface area contributed by atoms with Gasteiger partial charge < -0.3 is 9.64 Å². The molecule has 4 aromatic rings.